The zero-order valence-electron chi connectivity index (χ0n) is 9.75. The number of nitrogens with two attached hydrogens (primary N) is 1. The molecule has 0 aliphatic heterocycles. The van der Waals surface area contributed by atoms with Crippen LogP contribution in [0.15, 0.2) is 47.4 Å². The molecule has 0 bridgehead atoms. The summed E-state index contributed by atoms with van der Waals surface area (Å²) in [7, 11) is 0. The van der Waals surface area contributed by atoms with Gasteiger partial charge in [-0.1, -0.05) is 30.3 Å². The van der Waals surface area contributed by atoms with Crippen LogP contribution >= 0.6 is 0 Å². The Morgan fingerprint density at radius 3 is 2.65 bits per heavy atom. The average Bonchev–Trinajstić information content (AvgIpc) is 2.83. The van der Waals surface area contributed by atoms with Crippen LogP contribution in [-0.2, 0) is 13.1 Å². The number of hydrogen-bond acceptors (Lipinski definition) is 4. The third kappa shape index (κ3) is 3.69. The molecule has 4 nitrogen and oxygen atoms in total. The predicted octanol–water partition coefficient (Wildman–Crippen LogP) is 1.64. The first kappa shape index (κ1) is 11.8. The molecule has 0 spiro atoms. The fraction of sp³-hybridized carbons (Fsp3) is 0.308. The van der Waals surface area contributed by atoms with Gasteiger partial charge in [0, 0.05) is 26.2 Å². The Balaban J connectivity index is 1.97. The third-order valence-corrected chi connectivity index (χ3v) is 2.56. The Morgan fingerprint density at radius 1 is 1.18 bits per heavy atom. The SMILES string of the molecule is NCCN(Cc1ccccc1)Cc1cocn1. The average molecular weight is 231 g/mol. The fourth-order valence-electron chi connectivity index (χ4n) is 1.78. The van der Waals surface area contributed by atoms with Crippen LogP contribution in [0, 0.1) is 0 Å². The Kier molecular flexibility index (Phi) is 4.30. The highest BCUT2D eigenvalue weighted by Crippen LogP contribution is 2.07. The molecule has 0 saturated heterocycles. The van der Waals surface area contributed by atoms with Crippen LogP contribution in [0.1, 0.15) is 11.3 Å². The number of aromatic nitrogens is 1. The second-order valence-corrected chi connectivity index (χ2v) is 3.96. The summed E-state index contributed by atoms with van der Waals surface area (Å²) in [4.78, 5) is 6.39. The van der Waals surface area contributed by atoms with Crippen molar-refractivity contribution in [1.29, 1.82) is 0 Å². The lowest BCUT2D eigenvalue weighted by molar-refractivity contribution is 0.261. The molecule has 17 heavy (non-hydrogen) atoms. The summed E-state index contributed by atoms with van der Waals surface area (Å²) in [5.41, 5.74) is 7.85. The quantitative estimate of drug-likeness (QED) is 0.821. The smallest absolute Gasteiger partial charge is 0.180 e. The van der Waals surface area contributed by atoms with Gasteiger partial charge in [-0.2, -0.15) is 0 Å². The molecule has 0 saturated carbocycles. The van der Waals surface area contributed by atoms with Gasteiger partial charge >= 0.3 is 0 Å². The topological polar surface area (TPSA) is 55.3 Å². The van der Waals surface area contributed by atoms with E-state index in [9.17, 15) is 0 Å². The van der Waals surface area contributed by atoms with Crippen LogP contribution < -0.4 is 5.73 Å². The molecule has 90 valence electrons. The van der Waals surface area contributed by atoms with E-state index >= 15 is 0 Å². The minimum absolute atomic E-state index is 0.644. The van der Waals surface area contributed by atoms with Crippen molar-refractivity contribution >= 4 is 0 Å². The van der Waals surface area contributed by atoms with Crippen LogP contribution in [0.3, 0.4) is 0 Å². The molecule has 0 aliphatic carbocycles. The van der Waals surface area contributed by atoms with Crippen molar-refractivity contribution in [2.75, 3.05) is 13.1 Å². The van der Waals surface area contributed by atoms with Gasteiger partial charge in [0.2, 0.25) is 0 Å². The highest BCUT2D eigenvalue weighted by molar-refractivity contribution is 5.14. The van der Waals surface area contributed by atoms with Crippen LogP contribution in [-0.4, -0.2) is 23.0 Å². The Bertz CT molecular complexity index is 413. The van der Waals surface area contributed by atoms with E-state index in [-0.39, 0.29) is 0 Å². The minimum Gasteiger partial charge on any atom is -0.451 e. The van der Waals surface area contributed by atoms with E-state index in [2.05, 4.69) is 22.0 Å². The molecule has 0 amide bonds. The van der Waals surface area contributed by atoms with E-state index in [0.717, 1.165) is 25.3 Å². The van der Waals surface area contributed by atoms with Gasteiger partial charge in [-0.15, -0.1) is 0 Å². The van der Waals surface area contributed by atoms with Gasteiger partial charge in [-0.05, 0) is 5.56 Å². The summed E-state index contributed by atoms with van der Waals surface area (Å²) in [5, 5.41) is 0. The van der Waals surface area contributed by atoms with E-state index in [1.165, 1.54) is 12.0 Å². The van der Waals surface area contributed by atoms with E-state index in [0.29, 0.717) is 6.54 Å². The summed E-state index contributed by atoms with van der Waals surface area (Å²) < 4.78 is 4.97. The van der Waals surface area contributed by atoms with Crippen LogP contribution in [0.25, 0.3) is 0 Å². The van der Waals surface area contributed by atoms with Crippen molar-refractivity contribution in [3.63, 3.8) is 0 Å². The predicted molar refractivity (Wildman–Crippen MR) is 66.1 cm³/mol. The Labute approximate surface area is 101 Å². The molecule has 4 heteroatoms. The molecule has 0 radical (unpaired) electrons. The summed E-state index contributed by atoms with van der Waals surface area (Å²) in [6.45, 7) is 3.14. The Hall–Kier alpha value is -1.65. The zero-order chi connectivity index (χ0) is 11.9. The van der Waals surface area contributed by atoms with Crippen molar-refractivity contribution in [2.45, 2.75) is 13.1 Å². The first-order chi connectivity index (χ1) is 8.38. The first-order valence-corrected chi connectivity index (χ1v) is 5.72. The normalized spacial score (nSPS) is 10.9. The van der Waals surface area contributed by atoms with Gasteiger partial charge in [0.05, 0.1) is 5.69 Å². The number of hydrogen-bond donors (Lipinski definition) is 1. The maximum absolute atomic E-state index is 5.63. The molecule has 2 aromatic rings. The van der Waals surface area contributed by atoms with E-state index in [1.807, 2.05) is 18.2 Å². The van der Waals surface area contributed by atoms with Crippen molar-refractivity contribution in [1.82, 2.24) is 9.88 Å². The van der Waals surface area contributed by atoms with Crippen LogP contribution in [0.5, 0.6) is 0 Å². The summed E-state index contributed by atoms with van der Waals surface area (Å²) in [6.07, 6.45) is 3.13. The summed E-state index contributed by atoms with van der Waals surface area (Å²) in [6, 6.07) is 10.4. The first-order valence-electron chi connectivity index (χ1n) is 5.72. The van der Waals surface area contributed by atoms with Crippen molar-refractivity contribution in [3.8, 4) is 0 Å². The maximum Gasteiger partial charge on any atom is 0.180 e. The lowest BCUT2D eigenvalue weighted by Crippen LogP contribution is -2.28. The molecule has 0 unspecified atom stereocenters. The molecule has 1 aromatic carbocycles. The fourth-order valence-corrected chi connectivity index (χ4v) is 1.78. The van der Waals surface area contributed by atoms with E-state index in [1.54, 1.807) is 6.26 Å². The lowest BCUT2D eigenvalue weighted by Gasteiger charge is -2.20. The van der Waals surface area contributed by atoms with Gasteiger partial charge in [0.1, 0.15) is 6.26 Å². The number of oxazole rings is 1. The largest absolute Gasteiger partial charge is 0.451 e. The highest BCUT2D eigenvalue weighted by atomic mass is 16.3. The second kappa shape index (κ2) is 6.18. The van der Waals surface area contributed by atoms with Crippen molar-refractivity contribution in [2.24, 2.45) is 5.73 Å². The molecular formula is C13H17N3O. The molecule has 1 aromatic heterocycles. The molecule has 0 fully saturated rings. The molecule has 0 atom stereocenters. The zero-order valence-corrected chi connectivity index (χ0v) is 9.75. The minimum atomic E-state index is 0.644. The summed E-state index contributed by atoms with van der Waals surface area (Å²) >= 11 is 0. The van der Waals surface area contributed by atoms with Gasteiger partial charge < -0.3 is 10.2 Å². The second-order valence-electron chi connectivity index (χ2n) is 3.96. The van der Waals surface area contributed by atoms with Crippen LogP contribution in [0.4, 0.5) is 0 Å². The molecular weight excluding hydrogens is 214 g/mol. The van der Waals surface area contributed by atoms with Gasteiger partial charge in [0.25, 0.3) is 0 Å². The molecule has 2 rings (SSSR count). The highest BCUT2D eigenvalue weighted by Gasteiger charge is 2.07. The molecule has 1 heterocycles. The summed E-state index contributed by atoms with van der Waals surface area (Å²) in [5.74, 6) is 0. The van der Waals surface area contributed by atoms with Gasteiger partial charge in [0.15, 0.2) is 6.39 Å². The number of benzene rings is 1. The number of rotatable bonds is 6. The van der Waals surface area contributed by atoms with E-state index in [4.69, 9.17) is 10.2 Å². The van der Waals surface area contributed by atoms with Gasteiger partial charge in [-0.3, -0.25) is 4.90 Å². The Morgan fingerprint density at radius 2 is 2.00 bits per heavy atom. The monoisotopic (exact) mass is 231 g/mol. The van der Waals surface area contributed by atoms with Crippen LogP contribution in [0.2, 0.25) is 0 Å². The number of nitrogens with zero attached hydrogens (tertiary/aromatic N) is 2. The van der Waals surface area contributed by atoms with Crippen molar-refractivity contribution < 1.29 is 4.42 Å². The van der Waals surface area contributed by atoms with Crippen molar-refractivity contribution in [3.05, 3.63) is 54.2 Å². The van der Waals surface area contributed by atoms with E-state index < -0.39 is 0 Å². The third-order valence-electron chi connectivity index (χ3n) is 2.56. The van der Waals surface area contributed by atoms with Gasteiger partial charge in [-0.25, -0.2) is 4.98 Å². The maximum atomic E-state index is 5.63. The standard InChI is InChI=1S/C13H17N3O/c14-6-7-16(9-13-10-17-11-15-13)8-12-4-2-1-3-5-12/h1-5,10-11H,6-9,14H2. The lowest BCUT2D eigenvalue weighted by atomic mass is 10.2. The molecule has 2 N–H and O–H groups in total. The molecule has 0 aliphatic rings.